The first-order valence-electron chi connectivity index (χ1n) is 6.63. The molecule has 0 aromatic heterocycles. The molecule has 102 valence electrons. The first-order chi connectivity index (χ1) is 9.03. The molecule has 0 spiro atoms. The molecule has 2 N–H and O–H groups in total. The van der Waals surface area contributed by atoms with Crippen LogP contribution in [0.5, 0.6) is 0 Å². The Labute approximate surface area is 112 Å². The van der Waals surface area contributed by atoms with E-state index in [0.717, 1.165) is 12.8 Å². The second-order valence-corrected chi connectivity index (χ2v) is 5.37. The highest BCUT2D eigenvalue weighted by Crippen LogP contribution is 2.34. The summed E-state index contributed by atoms with van der Waals surface area (Å²) in [6.07, 6.45) is 3.20. The number of hydrogen-bond acceptors (Lipinski definition) is 2. The van der Waals surface area contributed by atoms with Crippen molar-refractivity contribution < 1.29 is 14.7 Å². The summed E-state index contributed by atoms with van der Waals surface area (Å²) in [7, 11) is 0. The van der Waals surface area contributed by atoms with Gasteiger partial charge in [-0.1, -0.05) is 31.0 Å². The van der Waals surface area contributed by atoms with Crippen LogP contribution < -0.4 is 5.32 Å². The van der Waals surface area contributed by atoms with Gasteiger partial charge in [0, 0.05) is 5.56 Å². The summed E-state index contributed by atoms with van der Waals surface area (Å²) >= 11 is 0. The topological polar surface area (TPSA) is 66.4 Å². The zero-order valence-electron chi connectivity index (χ0n) is 11.1. The van der Waals surface area contributed by atoms with Crippen LogP contribution in [-0.4, -0.2) is 22.5 Å². The van der Waals surface area contributed by atoms with Crippen molar-refractivity contribution in [3.63, 3.8) is 0 Å². The van der Waals surface area contributed by atoms with Crippen LogP contribution in [0.2, 0.25) is 0 Å². The fourth-order valence-electron chi connectivity index (χ4n) is 2.80. The van der Waals surface area contributed by atoms with Crippen LogP contribution >= 0.6 is 0 Å². The monoisotopic (exact) mass is 261 g/mol. The molecule has 0 bridgehead atoms. The number of carboxylic acid groups (broad SMARTS) is 1. The Hall–Kier alpha value is -1.84. The normalized spacial score (nSPS) is 26.7. The number of aliphatic carboxylic acids is 1. The summed E-state index contributed by atoms with van der Waals surface area (Å²) < 4.78 is 0. The number of benzene rings is 1. The second kappa shape index (κ2) is 5.43. The number of carbonyl (C=O) groups excluding carboxylic acids is 1. The first-order valence-corrected chi connectivity index (χ1v) is 6.63. The fourth-order valence-corrected chi connectivity index (χ4v) is 2.80. The highest BCUT2D eigenvalue weighted by atomic mass is 16.4. The molecule has 0 radical (unpaired) electrons. The molecule has 19 heavy (non-hydrogen) atoms. The molecule has 1 aromatic carbocycles. The van der Waals surface area contributed by atoms with Gasteiger partial charge in [0.1, 0.15) is 0 Å². The average molecular weight is 261 g/mol. The van der Waals surface area contributed by atoms with Gasteiger partial charge in [0.15, 0.2) is 0 Å². The number of nitrogens with one attached hydrogen (secondary N) is 1. The van der Waals surface area contributed by atoms with E-state index in [4.69, 9.17) is 0 Å². The molecule has 4 nitrogen and oxygen atoms in total. The van der Waals surface area contributed by atoms with Crippen molar-refractivity contribution in [3.8, 4) is 0 Å². The Morgan fingerprint density at radius 1 is 1.26 bits per heavy atom. The Bertz CT molecular complexity index is 472. The largest absolute Gasteiger partial charge is 0.481 e. The van der Waals surface area contributed by atoms with E-state index in [0.29, 0.717) is 18.4 Å². The van der Waals surface area contributed by atoms with Crippen LogP contribution in [0.25, 0.3) is 0 Å². The molecule has 0 aliphatic heterocycles. The Kier molecular flexibility index (Phi) is 3.88. The van der Waals surface area contributed by atoms with Gasteiger partial charge in [-0.15, -0.1) is 0 Å². The Morgan fingerprint density at radius 2 is 1.95 bits per heavy atom. The molecule has 2 unspecified atom stereocenters. The van der Waals surface area contributed by atoms with Gasteiger partial charge in [0.2, 0.25) is 0 Å². The van der Waals surface area contributed by atoms with Crippen molar-refractivity contribution in [2.45, 2.75) is 38.1 Å². The average Bonchev–Trinajstić information content (AvgIpc) is 2.39. The van der Waals surface area contributed by atoms with Gasteiger partial charge >= 0.3 is 5.97 Å². The van der Waals surface area contributed by atoms with E-state index in [9.17, 15) is 14.7 Å². The van der Waals surface area contributed by atoms with Gasteiger partial charge in [0.25, 0.3) is 5.91 Å². The predicted octanol–water partition coefficient (Wildman–Crippen LogP) is 2.45. The van der Waals surface area contributed by atoms with E-state index in [1.54, 1.807) is 24.3 Å². The van der Waals surface area contributed by atoms with E-state index in [1.165, 1.54) is 0 Å². The lowest BCUT2D eigenvalue weighted by atomic mass is 9.73. The molecular weight excluding hydrogens is 242 g/mol. The minimum atomic E-state index is -0.824. The van der Waals surface area contributed by atoms with E-state index in [1.807, 2.05) is 13.0 Å². The van der Waals surface area contributed by atoms with E-state index >= 15 is 0 Å². The molecule has 2 atom stereocenters. The maximum absolute atomic E-state index is 12.2. The van der Waals surface area contributed by atoms with Crippen molar-refractivity contribution in [2.75, 3.05) is 0 Å². The highest BCUT2D eigenvalue weighted by molar-refractivity contribution is 5.95. The molecule has 1 aliphatic carbocycles. The molecule has 0 saturated heterocycles. The van der Waals surface area contributed by atoms with Crippen LogP contribution in [0.3, 0.4) is 0 Å². The zero-order chi connectivity index (χ0) is 13.9. The third-order valence-electron chi connectivity index (χ3n) is 3.94. The van der Waals surface area contributed by atoms with Gasteiger partial charge in [-0.3, -0.25) is 9.59 Å². The van der Waals surface area contributed by atoms with E-state index in [-0.39, 0.29) is 5.91 Å². The van der Waals surface area contributed by atoms with Gasteiger partial charge in [-0.25, -0.2) is 0 Å². The summed E-state index contributed by atoms with van der Waals surface area (Å²) in [6, 6.07) is 8.91. The van der Waals surface area contributed by atoms with Crippen molar-refractivity contribution in [3.05, 3.63) is 35.9 Å². The lowest BCUT2D eigenvalue weighted by Gasteiger charge is -2.39. The highest BCUT2D eigenvalue weighted by Gasteiger charge is 2.42. The van der Waals surface area contributed by atoms with Crippen molar-refractivity contribution in [2.24, 2.45) is 5.92 Å². The lowest BCUT2D eigenvalue weighted by Crippen LogP contribution is -2.55. The summed E-state index contributed by atoms with van der Waals surface area (Å²) in [6.45, 7) is 1.84. The number of carboxylic acids is 1. The van der Waals surface area contributed by atoms with Crippen LogP contribution in [0.1, 0.15) is 43.0 Å². The Morgan fingerprint density at radius 3 is 2.58 bits per heavy atom. The molecule has 1 amide bonds. The second-order valence-electron chi connectivity index (χ2n) is 5.37. The molecule has 2 rings (SSSR count). The number of amides is 1. The quantitative estimate of drug-likeness (QED) is 0.878. The standard InChI is InChI=1S/C15H19NO3/c1-15(10-6-5-9-12(15)14(18)19)16-13(17)11-7-3-2-4-8-11/h2-4,7-8,12H,5-6,9-10H2,1H3,(H,16,17)(H,18,19). The molecular formula is C15H19NO3. The van der Waals surface area contributed by atoms with Crippen LogP contribution in [0.15, 0.2) is 30.3 Å². The SMILES string of the molecule is CC1(NC(=O)c2ccccc2)CCCCC1C(=O)O. The number of carbonyl (C=O) groups is 2. The molecule has 1 saturated carbocycles. The first kappa shape index (κ1) is 13.6. The van der Waals surface area contributed by atoms with Gasteiger partial charge in [-0.05, 0) is 31.9 Å². The molecule has 1 fully saturated rings. The van der Waals surface area contributed by atoms with Crippen LogP contribution in [-0.2, 0) is 4.79 Å². The summed E-state index contributed by atoms with van der Waals surface area (Å²) in [5, 5.41) is 12.2. The Balaban J connectivity index is 2.15. The third-order valence-corrected chi connectivity index (χ3v) is 3.94. The zero-order valence-corrected chi connectivity index (χ0v) is 11.1. The van der Waals surface area contributed by atoms with E-state index in [2.05, 4.69) is 5.32 Å². The fraction of sp³-hybridized carbons (Fsp3) is 0.467. The predicted molar refractivity (Wildman–Crippen MR) is 71.9 cm³/mol. The van der Waals surface area contributed by atoms with Crippen molar-refractivity contribution in [1.29, 1.82) is 0 Å². The minimum Gasteiger partial charge on any atom is -0.481 e. The lowest BCUT2D eigenvalue weighted by molar-refractivity contribution is -0.145. The number of rotatable bonds is 3. The van der Waals surface area contributed by atoms with Crippen molar-refractivity contribution >= 4 is 11.9 Å². The van der Waals surface area contributed by atoms with Gasteiger partial charge < -0.3 is 10.4 Å². The van der Waals surface area contributed by atoms with Crippen molar-refractivity contribution in [1.82, 2.24) is 5.32 Å². The number of hydrogen-bond donors (Lipinski definition) is 2. The third kappa shape index (κ3) is 2.95. The summed E-state index contributed by atoms with van der Waals surface area (Å²) in [4.78, 5) is 23.5. The maximum Gasteiger partial charge on any atom is 0.308 e. The van der Waals surface area contributed by atoms with Crippen LogP contribution in [0, 0.1) is 5.92 Å². The molecule has 4 heteroatoms. The smallest absolute Gasteiger partial charge is 0.308 e. The van der Waals surface area contributed by atoms with Gasteiger partial charge in [-0.2, -0.15) is 0 Å². The van der Waals surface area contributed by atoms with Crippen LogP contribution in [0.4, 0.5) is 0 Å². The van der Waals surface area contributed by atoms with E-state index < -0.39 is 17.4 Å². The minimum absolute atomic E-state index is 0.198. The molecule has 1 aromatic rings. The summed E-state index contributed by atoms with van der Waals surface area (Å²) in [5.41, 5.74) is -0.0877. The summed E-state index contributed by atoms with van der Waals surface area (Å²) in [5.74, 6) is -1.53. The maximum atomic E-state index is 12.2. The molecule has 1 aliphatic rings. The molecule has 0 heterocycles. The van der Waals surface area contributed by atoms with Gasteiger partial charge in [0.05, 0.1) is 11.5 Å².